The number of halogens is 2. The van der Waals surface area contributed by atoms with Gasteiger partial charge in [-0.3, -0.25) is 4.79 Å². The van der Waals surface area contributed by atoms with E-state index in [1.54, 1.807) is 24.9 Å². The van der Waals surface area contributed by atoms with Crippen LogP contribution in [0.5, 0.6) is 11.5 Å². The molecule has 0 amide bonds. The van der Waals surface area contributed by atoms with Crippen LogP contribution in [0.4, 0.5) is 14.6 Å². The molecule has 30 heavy (non-hydrogen) atoms. The quantitative estimate of drug-likeness (QED) is 0.546. The van der Waals surface area contributed by atoms with Gasteiger partial charge in [0.25, 0.3) is 0 Å². The fourth-order valence-electron chi connectivity index (χ4n) is 2.77. The lowest BCUT2D eigenvalue weighted by atomic mass is 10.1. The minimum Gasteiger partial charge on any atom is -0.497 e. The number of rotatable bonds is 10. The molecule has 1 aromatic heterocycles. The van der Waals surface area contributed by atoms with Crippen molar-refractivity contribution in [1.82, 2.24) is 15.0 Å². The molecule has 0 aliphatic rings. The first-order valence-corrected chi connectivity index (χ1v) is 9.40. The van der Waals surface area contributed by atoms with E-state index in [-0.39, 0.29) is 18.1 Å². The van der Waals surface area contributed by atoms with Crippen LogP contribution in [0.15, 0.2) is 48.7 Å². The highest BCUT2D eigenvalue weighted by Gasteiger charge is 2.20. The lowest BCUT2D eigenvalue weighted by Crippen LogP contribution is -2.32. The summed E-state index contributed by atoms with van der Waals surface area (Å²) < 4.78 is 39.0. The first-order valence-electron chi connectivity index (χ1n) is 9.40. The van der Waals surface area contributed by atoms with Gasteiger partial charge >= 0.3 is 0 Å². The zero-order chi connectivity index (χ0) is 21.5. The van der Waals surface area contributed by atoms with Gasteiger partial charge in [0.15, 0.2) is 29.3 Å². The number of nitrogens with one attached hydrogen (secondary N) is 1. The second kappa shape index (κ2) is 9.82. The number of carbonyl (C=O) groups is 1. The molecule has 2 aromatic carbocycles. The third kappa shape index (κ3) is 5.53. The van der Waals surface area contributed by atoms with Gasteiger partial charge in [0, 0.05) is 6.07 Å². The third-order valence-corrected chi connectivity index (χ3v) is 4.38. The van der Waals surface area contributed by atoms with E-state index < -0.39 is 17.7 Å². The maximum atomic E-state index is 13.8. The molecular weight excluding hydrogens is 394 g/mol. The normalized spacial score (nSPS) is 11.7. The summed E-state index contributed by atoms with van der Waals surface area (Å²) in [6.07, 6.45) is 1.15. The van der Waals surface area contributed by atoms with E-state index in [0.29, 0.717) is 24.8 Å². The average Bonchev–Trinajstić information content (AvgIpc) is 3.19. The average molecular weight is 416 g/mol. The van der Waals surface area contributed by atoms with Crippen LogP contribution < -0.4 is 14.8 Å². The van der Waals surface area contributed by atoms with Crippen LogP contribution in [0, 0.1) is 11.6 Å². The predicted octanol–water partition coefficient (Wildman–Crippen LogP) is 3.45. The van der Waals surface area contributed by atoms with Crippen LogP contribution in [0.2, 0.25) is 0 Å². The molecule has 0 radical (unpaired) electrons. The molecule has 1 N–H and O–H groups in total. The van der Waals surface area contributed by atoms with Crippen molar-refractivity contribution in [2.24, 2.45) is 0 Å². The van der Waals surface area contributed by atoms with E-state index in [0.717, 1.165) is 17.4 Å². The Balaban J connectivity index is 1.54. The minimum atomic E-state index is -0.869. The molecule has 0 saturated heterocycles. The maximum Gasteiger partial charge on any atom is 0.192 e. The van der Waals surface area contributed by atoms with Gasteiger partial charge in [0.2, 0.25) is 0 Å². The summed E-state index contributed by atoms with van der Waals surface area (Å²) in [7, 11) is 1.61. The summed E-state index contributed by atoms with van der Waals surface area (Å²) >= 11 is 0. The maximum absolute atomic E-state index is 13.8. The van der Waals surface area contributed by atoms with Gasteiger partial charge in [-0.2, -0.15) is 0 Å². The Morgan fingerprint density at radius 3 is 2.63 bits per heavy atom. The number of carbonyl (C=O) groups excluding carboxylic acids is 1. The lowest BCUT2D eigenvalue weighted by molar-refractivity contribution is -0.124. The Labute approximate surface area is 172 Å². The summed E-state index contributed by atoms with van der Waals surface area (Å²) in [6, 6.07) is 10.5. The molecular formula is C21H22F2N4O3. The molecule has 0 aliphatic carbocycles. The molecule has 0 fully saturated rings. The van der Waals surface area contributed by atoms with Crippen LogP contribution in [0.3, 0.4) is 0 Å². The van der Waals surface area contributed by atoms with Gasteiger partial charge in [-0.25, -0.2) is 13.5 Å². The number of Topliss-reactive ketones (excluding diaryl/α,β-unsaturated/α-hetero) is 1. The molecule has 1 atom stereocenters. The third-order valence-electron chi connectivity index (χ3n) is 4.38. The van der Waals surface area contributed by atoms with Crippen molar-refractivity contribution >= 4 is 11.6 Å². The van der Waals surface area contributed by atoms with Crippen molar-refractivity contribution < 1.29 is 23.0 Å². The number of anilines is 1. The highest BCUT2D eigenvalue weighted by Crippen LogP contribution is 2.20. The first-order chi connectivity index (χ1) is 14.5. The number of methoxy groups -OCH3 is 1. The van der Waals surface area contributed by atoms with Crippen LogP contribution in [0.1, 0.15) is 18.9 Å². The molecule has 0 bridgehead atoms. The summed E-state index contributed by atoms with van der Waals surface area (Å²) in [6.45, 7) is 2.19. The zero-order valence-electron chi connectivity index (χ0n) is 16.6. The molecule has 158 valence electrons. The second-order valence-electron chi connectivity index (χ2n) is 6.56. The van der Waals surface area contributed by atoms with Crippen molar-refractivity contribution in [3.05, 3.63) is 65.9 Å². The van der Waals surface area contributed by atoms with Gasteiger partial charge in [0.1, 0.15) is 11.6 Å². The SMILES string of the molecule is CCC(Oc1ccc(F)cc1F)C(=O)CNc1cn(Cc2ccc(OC)cc2)nn1. The van der Waals surface area contributed by atoms with E-state index in [9.17, 15) is 13.6 Å². The molecule has 3 rings (SSSR count). The number of ketones is 1. The highest BCUT2D eigenvalue weighted by molar-refractivity contribution is 5.87. The van der Waals surface area contributed by atoms with Crippen LogP contribution in [-0.2, 0) is 11.3 Å². The first kappa shape index (κ1) is 21.2. The second-order valence-corrected chi connectivity index (χ2v) is 6.56. The van der Waals surface area contributed by atoms with E-state index in [2.05, 4.69) is 15.6 Å². The van der Waals surface area contributed by atoms with E-state index >= 15 is 0 Å². The topological polar surface area (TPSA) is 78.3 Å². The van der Waals surface area contributed by atoms with Gasteiger partial charge < -0.3 is 14.8 Å². The van der Waals surface area contributed by atoms with Gasteiger partial charge in [-0.15, -0.1) is 5.10 Å². The molecule has 1 heterocycles. The minimum absolute atomic E-state index is 0.0669. The Morgan fingerprint density at radius 1 is 1.20 bits per heavy atom. The lowest BCUT2D eigenvalue weighted by Gasteiger charge is -2.17. The Kier molecular flexibility index (Phi) is 6.95. The smallest absolute Gasteiger partial charge is 0.192 e. The predicted molar refractivity (Wildman–Crippen MR) is 107 cm³/mol. The molecule has 7 nitrogen and oxygen atoms in total. The number of hydrogen-bond donors (Lipinski definition) is 1. The standard InChI is InChI=1S/C21H22F2N4O3/c1-3-19(30-20-9-6-15(22)10-17(20)23)18(28)11-24-21-13-27(26-25-21)12-14-4-7-16(29-2)8-5-14/h4-10,13,19,24H,3,11-12H2,1-2H3. The molecule has 1 unspecified atom stereocenters. The Morgan fingerprint density at radius 2 is 1.97 bits per heavy atom. The monoisotopic (exact) mass is 416 g/mol. The highest BCUT2D eigenvalue weighted by atomic mass is 19.1. The van der Waals surface area contributed by atoms with Crippen LogP contribution in [-0.4, -0.2) is 40.5 Å². The summed E-state index contributed by atoms with van der Waals surface area (Å²) in [5.74, 6) is -0.812. The molecule has 0 aliphatic heterocycles. The fraction of sp³-hybridized carbons (Fsp3) is 0.286. The number of hydrogen-bond acceptors (Lipinski definition) is 6. The Bertz CT molecular complexity index is 992. The number of ether oxygens (including phenoxy) is 2. The molecule has 9 heteroatoms. The van der Waals surface area contributed by atoms with Gasteiger partial charge in [0.05, 0.1) is 26.4 Å². The fourth-order valence-corrected chi connectivity index (χ4v) is 2.77. The Hall–Kier alpha value is -3.49. The van der Waals surface area contributed by atoms with Gasteiger partial charge in [-0.1, -0.05) is 24.3 Å². The van der Waals surface area contributed by atoms with Gasteiger partial charge in [-0.05, 0) is 36.2 Å². The molecule has 0 spiro atoms. The summed E-state index contributed by atoms with van der Waals surface area (Å²) in [4.78, 5) is 12.4. The summed E-state index contributed by atoms with van der Waals surface area (Å²) in [5.41, 5.74) is 1.02. The molecule has 3 aromatic rings. The van der Waals surface area contributed by atoms with Crippen molar-refractivity contribution in [2.45, 2.75) is 26.0 Å². The number of nitrogens with zero attached hydrogens (tertiary/aromatic N) is 3. The largest absolute Gasteiger partial charge is 0.497 e. The van der Waals surface area contributed by atoms with Crippen LogP contribution >= 0.6 is 0 Å². The van der Waals surface area contributed by atoms with Crippen LogP contribution in [0.25, 0.3) is 0 Å². The zero-order valence-corrected chi connectivity index (χ0v) is 16.6. The summed E-state index contributed by atoms with van der Waals surface area (Å²) in [5, 5.41) is 10.9. The van der Waals surface area contributed by atoms with Crippen molar-refractivity contribution in [2.75, 3.05) is 19.0 Å². The van der Waals surface area contributed by atoms with E-state index in [1.807, 2.05) is 24.3 Å². The van der Waals surface area contributed by atoms with Crippen molar-refractivity contribution in [1.29, 1.82) is 0 Å². The van der Waals surface area contributed by atoms with E-state index in [1.165, 1.54) is 6.07 Å². The van der Waals surface area contributed by atoms with Crippen molar-refractivity contribution in [3.63, 3.8) is 0 Å². The van der Waals surface area contributed by atoms with E-state index in [4.69, 9.17) is 9.47 Å². The number of aromatic nitrogens is 3. The number of benzene rings is 2. The van der Waals surface area contributed by atoms with Crippen molar-refractivity contribution in [3.8, 4) is 11.5 Å². The molecule has 0 saturated carbocycles.